The molecule has 6 heteroatoms. The third kappa shape index (κ3) is 9.37. The van der Waals surface area contributed by atoms with Crippen LogP contribution in [0.15, 0.2) is 42.5 Å². The summed E-state index contributed by atoms with van der Waals surface area (Å²) in [6.07, 6.45) is 8.61. The summed E-state index contributed by atoms with van der Waals surface area (Å²) < 4.78 is 23.5. The second kappa shape index (κ2) is 16.9. The Morgan fingerprint density at radius 1 is 0.659 bits per heavy atom. The van der Waals surface area contributed by atoms with E-state index in [-0.39, 0.29) is 25.2 Å². The van der Waals surface area contributed by atoms with E-state index in [2.05, 4.69) is 27.7 Å². The van der Waals surface area contributed by atoms with Crippen molar-refractivity contribution in [3.8, 4) is 11.5 Å². The van der Waals surface area contributed by atoms with Crippen LogP contribution in [-0.2, 0) is 19.1 Å². The monoisotopic (exact) mass is 564 g/mol. The molecule has 224 valence electrons. The van der Waals surface area contributed by atoms with Crippen molar-refractivity contribution in [2.24, 2.45) is 11.8 Å². The van der Waals surface area contributed by atoms with Gasteiger partial charge in [-0.15, -0.1) is 0 Å². The van der Waals surface area contributed by atoms with Crippen LogP contribution < -0.4 is 9.47 Å². The van der Waals surface area contributed by atoms with Gasteiger partial charge in [0.05, 0.1) is 13.2 Å². The summed E-state index contributed by atoms with van der Waals surface area (Å²) in [6.45, 7) is 11.1. The Labute approximate surface area is 245 Å². The number of carbonyl (C=O) groups is 2. The zero-order valence-electron chi connectivity index (χ0n) is 25.6. The van der Waals surface area contributed by atoms with E-state index in [9.17, 15) is 9.59 Å². The normalized spacial score (nSPS) is 12.7. The average Bonchev–Trinajstić information content (AvgIpc) is 2.99. The first-order chi connectivity index (χ1) is 19.9. The minimum absolute atomic E-state index is 0.180. The van der Waals surface area contributed by atoms with Crippen LogP contribution in [0.5, 0.6) is 11.5 Å². The molecule has 0 saturated carbocycles. The van der Waals surface area contributed by atoms with Gasteiger partial charge in [0.15, 0.2) is 13.2 Å². The first kappa shape index (κ1) is 32.2. The van der Waals surface area contributed by atoms with Crippen molar-refractivity contribution in [3.05, 3.63) is 48.0 Å². The van der Waals surface area contributed by atoms with Crippen LogP contribution in [0.4, 0.5) is 0 Å². The summed E-state index contributed by atoms with van der Waals surface area (Å²) >= 11 is 0. The Morgan fingerprint density at radius 2 is 1.12 bits per heavy atom. The Balaban J connectivity index is 1.79. The maximum atomic E-state index is 12.7. The number of esters is 2. The second-order valence-corrected chi connectivity index (χ2v) is 11.0. The highest BCUT2D eigenvalue weighted by molar-refractivity contribution is 6.11. The summed E-state index contributed by atoms with van der Waals surface area (Å²) in [4.78, 5) is 25.3. The number of aryl methyl sites for hydroxylation is 1. The molecule has 41 heavy (non-hydrogen) atoms. The zero-order valence-corrected chi connectivity index (χ0v) is 25.6. The van der Waals surface area contributed by atoms with Crippen LogP contribution in [0.25, 0.3) is 21.5 Å². The van der Waals surface area contributed by atoms with E-state index in [1.54, 1.807) is 0 Å². The van der Waals surface area contributed by atoms with Crippen LogP contribution in [0.2, 0.25) is 0 Å². The number of ether oxygens (including phenoxy) is 4. The Morgan fingerprint density at radius 3 is 1.59 bits per heavy atom. The highest BCUT2D eigenvalue weighted by atomic mass is 16.6. The smallest absolute Gasteiger partial charge is 0.344 e. The molecule has 0 heterocycles. The number of fused-ring (bicyclic) bond motifs is 2. The third-order valence-corrected chi connectivity index (χ3v) is 7.80. The molecular formula is C35H48O6. The lowest BCUT2D eigenvalue weighted by atomic mass is 9.99. The molecule has 2 atom stereocenters. The quantitative estimate of drug-likeness (QED) is 0.114. The predicted molar refractivity (Wildman–Crippen MR) is 166 cm³/mol. The van der Waals surface area contributed by atoms with Crippen molar-refractivity contribution in [2.45, 2.75) is 86.0 Å². The fraction of sp³-hybridized carbons (Fsp3) is 0.543. The summed E-state index contributed by atoms with van der Waals surface area (Å²) in [5.74, 6) is 1.19. The maximum Gasteiger partial charge on any atom is 0.344 e. The van der Waals surface area contributed by atoms with Gasteiger partial charge in [-0.3, -0.25) is 0 Å². The van der Waals surface area contributed by atoms with E-state index in [0.29, 0.717) is 36.5 Å². The van der Waals surface area contributed by atoms with Gasteiger partial charge in [0, 0.05) is 21.5 Å². The van der Waals surface area contributed by atoms with Crippen molar-refractivity contribution >= 4 is 33.5 Å². The van der Waals surface area contributed by atoms with Crippen molar-refractivity contribution in [3.63, 3.8) is 0 Å². The number of hydrogen-bond acceptors (Lipinski definition) is 6. The first-order valence-corrected chi connectivity index (χ1v) is 15.4. The molecule has 3 aromatic carbocycles. The fourth-order valence-electron chi connectivity index (χ4n) is 5.09. The minimum atomic E-state index is -0.378. The van der Waals surface area contributed by atoms with Crippen LogP contribution in [0, 0.1) is 18.8 Å². The molecule has 0 N–H and O–H groups in total. The van der Waals surface area contributed by atoms with Crippen LogP contribution >= 0.6 is 0 Å². The summed E-state index contributed by atoms with van der Waals surface area (Å²) in [5, 5.41) is 3.24. The minimum Gasteiger partial charge on any atom is -0.481 e. The highest BCUT2D eigenvalue weighted by Crippen LogP contribution is 2.43. The lowest BCUT2D eigenvalue weighted by Crippen LogP contribution is -2.20. The Bertz CT molecular complexity index is 1270. The van der Waals surface area contributed by atoms with Gasteiger partial charge in [-0.25, -0.2) is 9.59 Å². The molecule has 0 fully saturated rings. The molecule has 3 rings (SSSR count). The maximum absolute atomic E-state index is 12.7. The van der Waals surface area contributed by atoms with Gasteiger partial charge in [0.25, 0.3) is 0 Å². The topological polar surface area (TPSA) is 71.1 Å². The standard InChI is InChI=1S/C35H48O6/c1-6-10-14-26(8-3)21-38-32(36)23-40-34-28-16-12-13-17-29(28)35(31-20-25(5)18-19-30(31)34)41-24-33(37)39-22-27(9-4)15-11-7-2/h12-13,16-20,26-27H,6-11,14-15,21-24H2,1-5H3. The van der Waals surface area contributed by atoms with E-state index >= 15 is 0 Å². The highest BCUT2D eigenvalue weighted by Gasteiger charge is 2.19. The van der Waals surface area contributed by atoms with E-state index in [0.717, 1.165) is 78.5 Å². The molecule has 0 aliphatic rings. The average molecular weight is 565 g/mol. The van der Waals surface area contributed by atoms with E-state index in [1.807, 2.05) is 49.4 Å². The molecular weight excluding hydrogens is 516 g/mol. The Kier molecular flexibility index (Phi) is 13.3. The van der Waals surface area contributed by atoms with E-state index in [1.165, 1.54) is 0 Å². The fourth-order valence-corrected chi connectivity index (χ4v) is 5.09. The van der Waals surface area contributed by atoms with Gasteiger partial charge < -0.3 is 18.9 Å². The van der Waals surface area contributed by atoms with Gasteiger partial charge in [0.1, 0.15) is 11.5 Å². The zero-order chi connectivity index (χ0) is 29.6. The van der Waals surface area contributed by atoms with E-state index in [4.69, 9.17) is 18.9 Å². The predicted octanol–water partition coefficient (Wildman–Crippen LogP) is 8.58. The van der Waals surface area contributed by atoms with Crippen molar-refractivity contribution in [1.82, 2.24) is 0 Å². The number of rotatable bonds is 18. The van der Waals surface area contributed by atoms with Crippen LogP contribution in [0.1, 0.15) is 84.6 Å². The molecule has 3 aromatic rings. The summed E-state index contributed by atoms with van der Waals surface area (Å²) in [5.41, 5.74) is 1.05. The molecule has 0 aliphatic carbocycles. The van der Waals surface area contributed by atoms with Crippen molar-refractivity contribution in [2.75, 3.05) is 26.4 Å². The Hall–Kier alpha value is -3.28. The largest absolute Gasteiger partial charge is 0.481 e. The molecule has 2 unspecified atom stereocenters. The first-order valence-electron chi connectivity index (χ1n) is 15.4. The SMILES string of the molecule is CCCCC(CC)COC(=O)COc1c2ccccc2c(OCC(=O)OCC(CC)CCCC)c2cc(C)ccc12. The number of carbonyl (C=O) groups excluding carboxylic acids is 2. The van der Waals surface area contributed by atoms with E-state index < -0.39 is 0 Å². The molecule has 0 radical (unpaired) electrons. The summed E-state index contributed by atoms with van der Waals surface area (Å²) in [7, 11) is 0. The molecule has 6 nitrogen and oxygen atoms in total. The van der Waals surface area contributed by atoms with Gasteiger partial charge in [-0.05, 0) is 37.7 Å². The lowest BCUT2D eigenvalue weighted by molar-refractivity contribution is -0.148. The summed E-state index contributed by atoms with van der Waals surface area (Å²) in [6, 6.07) is 13.7. The van der Waals surface area contributed by atoms with Crippen molar-refractivity contribution in [1.29, 1.82) is 0 Å². The molecule has 0 aromatic heterocycles. The van der Waals surface area contributed by atoms with Gasteiger partial charge in [-0.1, -0.05) is 108 Å². The molecule has 0 amide bonds. The van der Waals surface area contributed by atoms with Crippen molar-refractivity contribution < 1.29 is 28.5 Å². The molecule has 0 saturated heterocycles. The number of benzene rings is 3. The number of unbranched alkanes of at least 4 members (excludes halogenated alkanes) is 2. The van der Waals surface area contributed by atoms with Gasteiger partial charge in [-0.2, -0.15) is 0 Å². The third-order valence-electron chi connectivity index (χ3n) is 7.80. The van der Waals surface area contributed by atoms with Crippen LogP contribution in [0.3, 0.4) is 0 Å². The van der Waals surface area contributed by atoms with Gasteiger partial charge >= 0.3 is 11.9 Å². The van der Waals surface area contributed by atoms with Crippen LogP contribution in [-0.4, -0.2) is 38.4 Å². The number of hydrogen-bond donors (Lipinski definition) is 0. The van der Waals surface area contributed by atoms with Gasteiger partial charge in [0.2, 0.25) is 0 Å². The second-order valence-electron chi connectivity index (χ2n) is 11.0. The lowest BCUT2D eigenvalue weighted by Gasteiger charge is -2.19. The molecule has 0 aliphatic heterocycles. The molecule has 0 bridgehead atoms. The molecule has 0 spiro atoms.